The molecular weight excluding hydrogens is 849 g/mol. The summed E-state index contributed by atoms with van der Waals surface area (Å²) in [6, 6.07) is 49.3. The van der Waals surface area contributed by atoms with Gasteiger partial charge in [0.2, 0.25) is 0 Å². The summed E-state index contributed by atoms with van der Waals surface area (Å²) in [6.45, 7) is 18.0. The molecule has 0 amide bonds. The molecule has 3 aromatic heterocycles. The molecule has 9 rings (SSSR count). The van der Waals surface area contributed by atoms with Crippen molar-refractivity contribution < 1.29 is 24.5 Å². The Hall–Kier alpha value is -5.15. The fraction of sp³-hybridized carbons (Fsp3) is 0.216. The Morgan fingerprint density at radius 1 is 0.582 bits per heavy atom. The normalized spacial score (nSPS) is 13.1. The fourth-order valence-electron chi connectivity index (χ4n) is 7.74. The molecule has 0 aliphatic heterocycles. The molecule has 0 fully saturated rings. The monoisotopic (exact) mass is 895 g/mol. The first kappa shape index (κ1) is 38.1. The second kappa shape index (κ2) is 14.5. The van der Waals surface area contributed by atoms with Crippen LogP contribution in [0.15, 0.2) is 138 Å². The Kier molecular flexibility index (Phi) is 10.0. The van der Waals surface area contributed by atoms with Crippen LogP contribution in [0, 0.1) is 12.1 Å². The van der Waals surface area contributed by atoms with Gasteiger partial charge in [-0.1, -0.05) is 145 Å². The number of pyridine rings is 2. The molecule has 5 aromatic carbocycles. The first-order valence-corrected chi connectivity index (χ1v) is 18.8. The van der Waals surface area contributed by atoms with E-state index >= 15 is 0 Å². The standard InChI is InChI=1S/C27H22NO.C24H24N.Ir/c1-27(2,3)21-11-8-18(9-12-21)19-14-15-28-24(17-19)20-10-13-26-23(16-20)22-6-4-5-7-25(22)29-26;1-23(2,3)16-13-14-25-21(15-16)19-11-8-10-18-17-9-6-7-12-20(17)24(4,5)22(18)19;/h4-9,11-17H,1-3H3;6-10,12-15H,1-5H3;/q2*-1;. The molecule has 0 N–H and O–H groups in total. The van der Waals surface area contributed by atoms with Crippen molar-refractivity contribution in [2.45, 2.75) is 71.6 Å². The van der Waals surface area contributed by atoms with Crippen LogP contribution in [-0.4, -0.2) is 9.97 Å². The van der Waals surface area contributed by atoms with Gasteiger partial charge in [0.1, 0.15) is 5.58 Å². The van der Waals surface area contributed by atoms with Crippen LogP contribution in [0.25, 0.3) is 66.7 Å². The van der Waals surface area contributed by atoms with Crippen molar-refractivity contribution in [2.75, 3.05) is 0 Å². The zero-order valence-electron chi connectivity index (χ0n) is 32.8. The van der Waals surface area contributed by atoms with E-state index in [1.807, 2.05) is 42.7 Å². The molecule has 3 nitrogen and oxygen atoms in total. The summed E-state index contributed by atoms with van der Waals surface area (Å²) in [4.78, 5) is 9.30. The SMILES string of the molecule is CC(C)(C)c1ccc(-c2ccnc(-c3[c-]cc4oc5ccccc5c4c3)c2)cc1.CC(C)(C)c1ccnc(-c2[c-]ccc3c2C(C)(C)c2ccccc2-3)c1.[Ir]. The van der Waals surface area contributed by atoms with Crippen LogP contribution >= 0.6 is 0 Å². The zero-order chi connectivity index (χ0) is 37.8. The van der Waals surface area contributed by atoms with Gasteiger partial charge in [-0.15, -0.1) is 53.1 Å². The van der Waals surface area contributed by atoms with Crippen molar-refractivity contribution in [3.63, 3.8) is 0 Å². The van der Waals surface area contributed by atoms with E-state index in [4.69, 9.17) is 9.40 Å². The van der Waals surface area contributed by atoms with Crippen LogP contribution in [0.4, 0.5) is 0 Å². The van der Waals surface area contributed by atoms with E-state index in [0.717, 1.165) is 50.0 Å². The van der Waals surface area contributed by atoms with E-state index in [9.17, 15) is 0 Å². The second-order valence-electron chi connectivity index (χ2n) is 17.0. The third kappa shape index (κ3) is 7.22. The third-order valence-corrected chi connectivity index (χ3v) is 10.8. The molecule has 277 valence electrons. The van der Waals surface area contributed by atoms with Crippen molar-refractivity contribution in [1.29, 1.82) is 0 Å². The zero-order valence-corrected chi connectivity index (χ0v) is 35.2. The number of nitrogens with zero attached hydrogens (tertiary/aromatic N) is 2. The number of para-hydroxylation sites is 1. The second-order valence-corrected chi connectivity index (χ2v) is 17.0. The minimum Gasteiger partial charge on any atom is -0.500 e. The van der Waals surface area contributed by atoms with Crippen molar-refractivity contribution in [3.05, 3.63) is 168 Å². The van der Waals surface area contributed by atoms with Gasteiger partial charge in [-0.3, -0.25) is 0 Å². The third-order valence-electron chi connectivity index (χ3n) is 10.8. The largest absolute Gasteiger partial charge is 0.500 e. The Morgan fingerprint density at radius 2 is 1.27 bits per heavy atom. The minimum absolute atomic E-state index is 0. The molecule has 3 heterocycles. The van der Waals surface area contributed by atoms with E-state index < -0.39 is 0 Å². The Labute approximate surface area is 339 Å². The van der Waals surface area contributed by atoms with E-state index in [-0.39, 0.29) is 36.4 Å². The molecular formula is C51H46IrN2O-2. The summed E-state index contributed by atoms with van der Waals surface area (Å²) < 4.78 is 5.92. The molecule has 0 saturated carbocycles. The summed E-state index contributed by atoms with van der Waals surface area (Å²) in [5.74, 6) is 0. The van der Waals surface area contributed by atoms with Crippen molar-refractivity contribution in [2.24, 2.45) is 0 Å². The summed E-state index contributed by atoms with van der Waals surface area (Å²) >= 11 is 0. The quantitative estimate of drug-likeness (QED) is 0.166. The summed E-state index contributed by atoms with van der Waals surface area (Å²) in [5, 5.41) is 2.21. The number of furan rings is 1. The molecule has 8 aromatic rings. The molecule has 4 heteroatoms. The van der Waals surface area contributed by atoms with E-state index in [2.05, 4.69) is 164 Å². The van der Waals surface area contributed by atoms with Gasteiger partial charge >= 0.3 is 0 Å². The minimum atomic E-state index is -0.0432. The predicted molar refractivity (Wildman–Crippen MR) is 225 cm³/mol. The maximum absolute atomic E-state index is 5.92. The number of hydrogen-bond acceptors (Lipinski definition) is 3. The number of benzene rings is 5. The topological polar surface area (TPSA) is 38.9 Å². The van der Waals surface area contributed by atoms with Crippen molar-refractivity contribution >= 4 is 21.9 Å². The first-order chi connectivity index (χ1) is 25.8. The van der Waals surface area contributed by atoms with Crippen LogP contribution in [0.3, 0.4) is 0 Å². The van der Waals surface area contributed by atoms with Gasteiger partial charge in [0.25, 0.3) is 0 Å². The Bertz CT molecular complexity index is 2650. The molecule has 0 atom stereocenters. The molecule has 1 radical (unpaired) electrons. The molecule has 0 unspecified atom stereocenters. The molecule has 0 saturated heterocycles. The van der Waals surface area contributed by atoms with Crippen LogP contribution in [-0.2, 0) is 36.4 Å². The number of fused-ring (bicyclic) bond motifs is 6. The van der Waals surface area contributed by atoms with Crippen molar-refractivity contribution in [3.8, 4) is 44.8 Å². The van der Waals surface area contributed by atoms with Gasteiger partial charge in [-0.2, -0.15) is 0 Å². The molecule has 0 spiro atoms. The molecule has 1 aliphatic rings. The van der Waals surface area contributed by atoms with Gasteiger partial charge in [-0.25, -0.2) is 0 Å². The van der Waals surface area contributed by atoms with Gasteiger partial charge in [0.05, 0.1) is 5.58 Å². The maximum Gasteiger partial charge on any atom is 0.120 e. The van der Waals surface area contributed by atoms with E-state index in [1.54, 1.807) is 0 Å². The average molecular weight is 895 g/mol. The van der Waals surface area contributed by atoms with Gasteiger partial charge in [0.15, 0.2) is 0 Å². The molecule has 55 heavy (non-hydrogen) atoms. The summed E-state index contributed by atoms with van der Waals surface area (Å²) in [5.41, 5.74) is 16.4. The number of aromatic nitrogens is 2. The molecule has 1 aliphatic carbocycles. The van der Waals surface area contributed by atoms with Crippen molar-refractivity contribution in [1.82, 2.24) is 9.97 Å². The van der Waals surface area contributed by atoms with E-state index in [1.165, 1.54) is 38.9 Å². The average Bonchev–Trinajstić information content (AvgIpc) is 3.66. The van der Waals surface area contributed by atoms with Gasteiger partial charge in [0, 0.05) is 37.9 Å². The summed E-state index contributed by atoms with van der Waals surface area (Å²) in [6.07, 6.45) is 3.80. The fourth-order valence-corrected chi connectivity index (χ4v) is 7.74. The maximum atomic E-state index is 5.92. The number of hydrogen-bond donors (Lipinski definition) is 0. The first-order valence-electron chi connectivity index (χ1n) is 18.8. The molecule has 0 bridgehead atoms. The predicted octanol–water partition coefficient (Wildman–Crippen LogP) is 13.6. The van der Waals surface area contributed by atoms with Gasteiger partial charge < -0.3 is 14.4 Å². The van der Waals surface area contributed by atoms with Crippen LogP contribution in [0.5, 0.6) is 0 Å². The smallest absolute Gasteiger partial charge is 0.120 e. The van der Waals surface area contributed by atoms with Gasteiger partial charge in [-0.05, 0) is 79.2 Å². The van der Waals surface area contributed by atoms with Crippen LogP contribution < -0.4 is 0 Å². The van der Waals surface area contributed by atoms with Crippen LogP contribution in [0.2, 0.25) is 0 Å². The Morgan fingerprint density at radius 3 is 2.04 bits per heavy atom. The Balaban J connectivity index is 0.000000168. The number of rotatable bonds is 3. The van der Waals surface area contributed by atoms with Crippen LogP contribution in [0.1, 0.15) is 77.6 Å². The van der Waals surface area contributed by atoms with E-state index in [0.29, 0.717) is 0 Å². The summed E-state index contributed by atoms with van der Waals surface area (Å²) in [7, 11) is 0.